The van der Waals surface area contributed by atoms with Crippen LogP contribution in [0.5, 0.6) is 5.75 Å². The lowest BCUT2D eigenvalue weighted by atomic mass is 10.1. The number of anilines is 1. The molecule has 8 nitrogen and oxygen atoms in total. The van der Waals surface area contributed by atoms with E-state index in [0.29, 0.717) is 29.2 Å². The van der Waals surface area contributed by atoms with Gasteiger partial charge in [-0.3, -0.25) is 9.59 Å². The Hall–Kier alpha value is -3.55. The average molecular weight is 407 g/mol. The highest BCUT2D eigenvalue weighted by Gasteiger charge is 2.12. The Morgan fingerprint density at radius 1 is 1.10 bits per heavy atom. The van der Waals surface area contributed by atoms with Gasteiger partial charge in [0.15, 0.2) is 5.78 Å². The molecule has 1 amide bonds. The van der Waals surface area contributed by atoms with Gasteiger partial charge < -0.3 is 10.1 Å². The van der Waals surface area contributed by atoms with Gasteiger partial charge in [0.25, 0.3) is 0 Å². The number of nitrogens with zero attached hydrogens (tertiary/aromatic N) is 4. The van der Waals surface area contributed by atoms with Crippen LogP contribution in [0.4, 0.5) is 5.69 Å². The van der Waals surface area contributed by atoms with Gasteiger partial charge in [0, 0.05) is 23.2 Å². The molecule has 0 saturated carbocycles. The van der Waals surface area contributed by atoms with Crippen LogP contribution in [0, 0.1) is 0 Å². The van der Waals surface area contributed by atoms with Crippen molar-refractivity contribution in [1.82, 2.24) is 20.2 Å². The SMILES string of the molecule is CCCCCC(=O)Nc1ccc(C(=O)Cn2nnc(-c3cccc(OC)c3)n2)cc1. The molecular weight excluding hydrogens is 382 g/mol. The summed E-state index contributed by atoms with van der Waals surface area (Å²) in [5, 5.41) is 15.1. The monoisotopic (exact) mass is 407 g/mol. The van der Waals surface area contributed by atoms with Crippen LogP contribution >= 0.6 is 0 Å². The number of methoxy groups -OCH3 is 1. The van der Waals surface area contributed by atoms with Gasteiger partial charge in [-0.2, -0.15) is 4.80 Å². The van der Waals surface area contributed by atoms with Gasteiger partial charge in [0.05, 0.1) is 7.11 Å². The molecule has 3 aromatic rings. The van der Waals surface area contributed by atoms with E-state index in [1.54, 1.807) is 37.4 Å². The number of carbonyl (C=O) groups excluding carboxylic acids is 2. The summed E-state index contributed by atoms with van der Waals surface area (Å²) in [6.45, 7) is 2.07. The van der Waals surface area contributed by atoms with Crippen molar-refractivity contribution in [2.24, 2.45) is 0 Å². The predicted octanol–water partition coefficient (Wildman–Crippen LogP) is 3.75. The fourth-order valence-electron chi connectivity index (χ4n) is 2.91. The summed E-state index contributed by atoms with van der Waals surface area (Å²) >= 11 is 0. The van der Waals surface area contributed by atoms with Crippen LogP contribution in [0.1, 0.15) is 43.0 Å². The number of amides is 1. The van der Waals surface area contributed by atoms with Gasteiger partial charge in [-0.05, 0) is 48.0 Å². The highest BCUT2D eigenvalue weighted by Crippen LogP contribution is 2.20. The molecule has 1 heterocycles. The third-order valence-corrected chi connectivity index (χ3v) is 4.56. The lowest BCUT2D eigenvalue weighted by molar-refractivity contribution is -0.116. The van der Waals surface area contributed by atoms with Gasteiger partial charge in [0.1, 0.15) is 12.3 Å². The summed E-state index contributed by atoms with van der Waals surface area (Å²) in [5.41, 5.74) is 1.94. The predicted molar refractivity (Wildman–Crippen MR) is 113 cm³/mol. The molecule has 1 aromatic heterocycles. The summed E-state index contributed by atoms with van der Waals surface area (Å²) in [7, 11) is 1.59. The lowest BCUT2D eigenvalue weighted by Crippen LogP contribution is -2.14. The van der Waals surface area contributed by atoms with Crippen LogP contribution in [0.15, 0.2) is 48.5 Å². The average Bonchev–Trinajstić information content (AvgIpc) is 3.23. The quantitative estimate of drug-likeness (QED) is 0.406. The van der Waals surface area contributed by atoms with Crippen LogP contribution < -0.4 is 10.1 Å². The number of Topliss-reactive ketones (excluding diaryl/α,β-unsaturated/α-hetero) is 1. The number of aromatic nitrogens is 4. The van der Waals surface area contributed by atoms with E-state index in [4.69, 9.17) is 4.74 Å². The third-order valence-electron chi connectivity index (χ3n) is 4.56. The second-order valence-electron chi connectivity index (χ2n) is 6.88. The number of hydrogen-bond donors (Lipinski definition) is 1. The Balaban J connectivity index is 1.58. The van der Waals surface area contributed by atoms with E-state index in [1.807, 2.05) is 18.2 Å². The number of ether oxygens (including phenoxy) is 1. The maximum Gasteiger partial charge on any atom is 0.224 e. The fourth-order valence-corrected chi connectivity index (χ4v) is 2.91. The molecule has 0 fully saturated rings. The van der Waals surface area contributed by atoms with Gasteiger partial charge in [0.2, 0.25) is 11.7 Å². The molecule has 3 rings (SSSR count). The minimum atomic E-state index is -0.148. The maximum atomic E-state index is 12.5. The standard InChI is InChI=1S/C22H25N5O3/c1-3-4-5-9-21(29)23-18-12-10-16(11-13-18)20(28)15-27-25-22(24-26-27)17-7-6-8-19(14-17)30-2/h6-8,10-14H,3-5,9,15H2,1-2H3,(H,23,29). The zero-order valence-electron chi connectivity index (χ0n) is 17.2. The van der Waals surface area contributed by atoms with E-state index in [9.17, 15) is 9.59 Å². The van der Waals surface area contributed by atoms with Crippen LogP contribution in [-0.2, 0) is 11.3 Å². The van der Waals surface area contributed by atoms with E-state index >= 15 is 0 Å². The first kappa shape index (κ1) is 21.2. The molecule has 0 bridgehead atoms. The Morgan fingerprint density at radius 2 is 1.90 bits per heavy atom. The van der Waals surface area contributed by atoms with Crippen molar-refractivity contribution in [3.05, 3.63) is 54.1 Å². The van der Waals surface area contributed by atoms with Crippen LogP contribution in [0.25, 0.3) is 11.4 Å². The van der Waals surface area contributed by atoms with Crippen molar-refractivity contribution < 1.29 is 14.3 Å². The molecule has 1 N–H and O–H groups in total. The van der Waals surface area contributed by atoms with E-state index in [1.165, 1.54) is 4.80 Å². The summed E-state index contributed by atoms with van der Waals surface area (Å²) in [4.78, 5) is 25.7. The number of rotatable bonds is 10. The molecule has 0 saturated heterocycles. The van der Waals surface area contributed by atoms with E-state index in [-0.39, 0.29) is 18.2 Å². The molecule has 0 aliphatic carbocycles. The van der Waals surface area contributed by atoms with Crippen LogP contribution in [0.2, 0.25) is 0 Å². The van der Waals surface area contributed by atoms with Gasteiger partial charge in [-0.15, -0.1) is 10.2 Å². The van der Waals surface area contributed by atoms with Crippen molar-refractivity contribution in [3.63, 3.8) is 0 Å². The zero-order valence-corrected chi connectivity index (χ0v) is 17.2. The molecule has 0 spiro atoms. The Morgan fingerprint density at radius 3 is 2.63 bits per heavy atom. The molecule has 0 radical (unpaired) electrons. The molecule has 0 unspecified atom stereocenters. The molecule has 2 aromatic carbocycles. The van der Waals surface area contributed by atoms with Crippen molar-refractivity contribution in [2.75, 3.05) is 12.4 Å². The lowest BCUT2D eigenvalue weighted by Gasteiger charge is -2.06. The number of ketones is 1. The van der Waals surface area contributed by atoms with Crippen molar-refractivity contribution in [2.45, 2.75) is 39.2 Å². The number of carbonyl (C=O) groups is 2. The Labute approximate surface area is 175 Å². The maximum absolute atomic E-state index is 12.5. The van der Waals surface area contributed by atoms with Crippen LogP contribution in [0.3, 0.4) is 0 Å². The summed E-state index contributed by atoms with van der Waals surface area (Å²) in [6, 6.07) is 14.1. The van der Waals surface area contributed by atoms with Gasteiger partial charge in [-0.25, -0.2) is 0 Å². The normalized spacial score (nSPS) is 10.6. The molecule has 0 aliphatic heterocycles. The van der Waals surface area contributed by atoms with Crippen molar-refractivity contribution >= 4 is 17.4 Å². The molecule has 0 aliphatic rings. The second kappa shape index (κ2) is 10.3. The highest BCUT2D eigenvalue weighted by atomic mass is 16.5. The molecular formula is C22H25N5O3. The first-order chi connectivity index (χ1) is 14.6. The first-order valence-corrected chi connectivity index (χ1v) is 9.94. The first-order valence-electron chi connectivity index (χ1n) is 9.94. The number of unbranched alkanes of at least 4 members (excludes halogenated alkanes) is 2. The Bertz CT molecular complexity index is 998. The highest BCUT2D eigenvalue weighted by molar-refractivity contribution is 5.97. The minimum absolute atomic E-state index is 0.0144. The van der Waals surface area contributed by atoms with Crippen molar-refractivity contribution in [3.8, 4) is 17.1 Å². The van der Waals surface area contributed by atoms with Gasteiger partial charge >= 0.3 is 0 Å². The largest absolute Gasteiger partial charge is 0.497 e. The second-order valence-corrected chi connectivity index (χ2v) is 6.88. The number of nitrogens with one attached hydrogen (secondary N) is 1. The summed E-state index contributed by atoms with van der Waals surface area (Å²) < 4.78 is 5.20. The van der Waals surface area contributed by atoms with E-state index in [2.05, 4.69) is 27.7 Å². The summed E-state index contributed by atoms with van der Waals surface area (Å²) in [6.07, 6.45) is 3.49. The molecule has 8 heteroatoms. The van der Waals surface area contributed by atoms with E-state index in [0.717, 1.165) is 24.8 Å². The number of hydrogen-bond acceptors (Lipinski definition) is 6. The number of benzene rings is 2. The minimum Gasteiger partial charge on any atom is -0.497 e. The van der Waals surface area contributed by atoms with Gasteiger partial charge in [-0.1, -0.05) is 31.9 Å². The topological polar surface area (TPSA) is 99.0 Å². The number of tetrazole rings is 1. The smallest absolute Gasteiger partial charge is 0.224 e. The van der Waals surface area contributed by atoms with E-state index < -0.39 is 0 Å². The molecule has 0 atom stereocenters. The Kier molecular flexibility index (Phi) is 7.26. The molecule has 30 heavy (non-hydrogen) atoms. The molecule has 156 valence electrons. The third kappa shape index (κ3) is 5.73. The van der Waals surface area contributed by atoms with Crippen LogP contribution in [-0.4, -0.2) is 39.0 Å². The van der Waals surface area contributed by atoms with Crippen molar-refractivity contribution in [1.29, 1.82) is 0 Å². The summed E-state index contributed by atoms with van der Waals surface area (Å²) in [5.74, 6) is 0.949. The zero-order chi connectivity index (χ0) is 21.3. The fraction of sp³-hybridized carbons (Fsp3) is 0.318.